The highest BCUT2D eigenvalue weighted by molar-refractivity contribution is 5.85. The number of aromatic nitrogens is 2. The van der Waals surface area contributed by atoms with E-state index in [0.717, 1.165) is 44.5 Å². The number of nitrogens with zero attached hydrogens (tertiary/aromatic N) is 3. The summed E-state index contributed by atoms with van der Waals surface area (Å²) in [6.45, 7) is 3.19. The Labute approximate surface area is 236 Å². The second kappa shape index (κ2) is 11.7. The first kappa shape index (κ1) is 27.5. The maximum Gasteiger partial charge on any atom is 0.261 e. The number of hydrogen-bond acceptors (Lipinski definition) is 5. The Morgan fingerprint density at radius 3 is 2.46 bits per heavy atom. The van der Waals surface area contributed by atoms with Crippen molar-refractivity contribution < 1.29 is 23.0 Å². The van der Waals surface area contributed by atoms with E-state index in [1.807, 2.05) is 0 Å². The largest absolute Gasteiger partial charge is 0.491 e. The Morgan fingerprint density at radius 2 is 1.71 bits per heavy atom. The molecule has 0 spiro atoms. The van der Waals surface area contributed by atoms with Crippen molar-refractivity contribution in [1.82, 2.24) is 14.5 Å². The molecule has 1 saturated heterocycles. The van der Waals surface area contributed by atoms with Crippen LogP contribution in [0.2, 0.25) is 0 Å². The van der Waals surface area contributed by atoms with Crippen LogP contribution in [0.3, 0.4) is 0 Å². The molecule has 1 aliphatic heterocycles. The summed E-state index contributed by atoms with van der Waals surface area (Å²) in [6, 6.07) is 12.5. The molecule has 0 bridgehead atoms. The fourth-order valence-corrected chi connectivity index (χ4v) is 5.81. The first-order valence-electron chi connectivity index (χ1n) is 14.2. The maximum atomic E-state index is 15.4. The minimum atomic E-state index is -0.724. The molecule has 4 aromatic rings. The Morgan fingerprint density at radius 1 is 0.902 bits per heavy atom. The van der Waals surface area contributed by atoms with Crippen LogP contribution in [0.15, 0.2) is 59.4 Å². The average Bonchev–Trinajstić information content (AvgIpc) is 3.78. The van der Waals surface area contributed by atoms with Crippen molar-refractivity contribution in [2.45, 2.75) is 32.2 Å². The second-order valence-corrected chi connectivity index (χ2v) is 11.1. The number of piperidine rings is 1. The molecule has 2 fully saturated rings. The van der Waals surface area contributed by atoms with Crippen LogP contribution in [0.4, 0.5) is 13.2 Å². The van der Waals surface area contributed by atoms with Gasteiger partial charge in [-0.1, -0.05) is 6.07 Å². The van der Waals surface area contributed by atoms with Gasteiger partial charge in [0, 0.05) is 37.3 Å². The maximum absolute atomic E-state index is 15.4. The minimum Gasteiger partial charge on any atom is -0.491 e. The van der Waals surface area contributed by atoms with Gasteiger partial charge in [-0.2, -0.15) is 0 Å². The Kier molecular flexibility index (Phi) is 7.81. The van der Waals surface area contributed by atoms with Crippen LogP contribution >= 0.6 is 0 Å². The lowest BCUT2D eigenvalue weighted by molar-refractivity contribution is 0.156. The molecule has 1 aliphatic carbocycles. The van der Waals surface area contributed by atoms with E-state index >= 15 is 4.39 Å². The van der Waals surface area contributed by atoms with Gasteiger partial charge in [0.25, 0.3) is 5.56 Å². The molecule has 214 valence electrons. The van der Waals surface area contributed by atoms with E-state index in [1.54, 1.807) is 28.8 Å². The third-order valence-corrected chi connectivity index (χ3v) is 7.99. The molecule has 2 heterocycles. The van der Waals surface area contributed by atoms with Crippen LogP contribution in [0, 0.1) is 29.3 Å². The van der Waals surface area contributed by atoms with Crippen molar-refractivity contribution in [3.8, 4) is 28.3 Å². The van der Waals surface area contributed by atoms with Gasteiger partial charge < -0.3 is 14.7 Å². The molecule has 1 atom stereocenters. The normalized spacial score (nSPS) is 17.7. The molecular weight excluding hydrogens is 531 g/mol. The van der Waals surface area contributed by atoms with Gasteiger partial charge >= 0.3 is 0 Å². The number of rotatable bonds is 9. The summed E-state index contributed by atoms with van der Waals surface area (Å²) in [7, 11) is 0. The minimum absolute atomic E-state index is 0.0355. The van der Waals surface area contributed by atoms with E-state index in [9.17, 15) is 13.6 Å². The number of halogens is 3. The van der Waals surface area contributed by atoms with Crippen LogP contribution in [-0.2, 0) is 6.54 Å². The smallest absolute Gasteiger partial charge is 0.261 e. The zero-order valence-corrected chi connectivity index (χ0v) is 22.7. The predicted octanol–water partition coefficient (Wildman–Crippen LogP) is 5.64. The van der Waals surface area contributed by atoms with E-state index in [2.05, 4.69) is 4.90 Å². The molecule has 1 aromatic heterocycles. The van der Waals surface area contributed by atoms with Crippen molar-refractivity contribution in [3.63, 3.8) is 0 Å². The zero-order valence-electron chi connectivity index (χ0n) is 22.7. The van der Waals surface area contributed by atoms with Gasteiger partial charge in [-0.05, 0) is 86.0 Å². The van der Waals surface area contributed by atoms with Crippen molar-refractivity contribution in [2.75, 3.05) is 32.8 Å². The Balaban J connectivity index is 1.43. The van der Waals surface area contributed by atoms with E-state index in [-0.39, 0.29) is 52.8 Å². The van der Waals surface area contributed by atoms with Gasteiger partial charge in [0.2, 0.25) is 0 Å². The fraction of sp³-hybridized carbons (Fsp3) is 0.375. The molecular formula is C32H32F3N3O3. The fourth-order valence-electron chi connectivity index (χ4n) is 5.81. The van der Waals surface area contributed by atoms with Crippen molar-refractivity contribution in [2.24, 2.45) is 11.8 Å². The van der Waals surface area contributed by atoms with E-state index in [4.69, 9.17) is 14.8 Å². The van der Waals surface area contributed by atoms with E-state index in [0.29, 0.717) is 17.6 Å². The second-order valence-electron chi connectivity index (χ2n) is 11.1. The molecule has 41 heavy (non-hydrogen) atoms. The molecule has 2 aliphatic rings. The quantitative estimate of drug-likeness (QED) is 0.286. The van der Waals surface area contributed by atoms with Gasteiger partial charge in [-0.3, -0.25) is 9.36 Å². The third kappa shape index (κ3) is 6.01. The summed E-state index contributed by atoms with van der Waals surface area (Å²) in [6.07, 6.45) is 4.52. The van der Waals surface area contributed by atoms with E-state index < -0.39 is 17.5 Å². The SMILES string of the molecule is O=c1c2cc(-c3ccc(F)cc3F)ccc2nc(-c2ccc(OCCO)cc2F)n1CC1CCCN(CC2CC2)C1. The molecule has 3 aromatic carbocycles. The molecule has 1 N–H and O–H groups in total. The number of hydrogen-bond donors (Lipinski definition) is 1. The standard InChI is InChI=1S/C32H32F3N3O3/c33-23-6-8-25(28(34)15-23)22-5-10-30-27(14-22)32(40)38(19-21-2-1-11-37(18-21)17-20-3-4-20)31(36-30)26-9-7-24(16-29(26)35)41-13-12-39/h5-10,14-16,20-21,39H,1-4,11-13,17-19H2. The van der Waals surface area contributed by atoms with Crippen LogP contribution in [-0.4, -0.2) is 52.4 Å². The van der Waals surface area contributed by atoms with Crippen molar-refractivity contribution >= 4 is 10.9 Å². The van der Waals surface area contributed by atoms with Crippen LogP contribution < -0.4 is 10.3 Å². The highest BCUT2D eigenvalue weighted by Crippen LogP contribution is 2.33. The van der Waals surface area contributed by atoms with Crippen molar-refractivity contribution in [1.29, 1.82) is 0 Å². The number of benzene rings is 3. The van der Waals surface area contributed by atoms with Gasteiger partial charge in [0.05, 0.1) is 23.1 Å². The molecule has 0 amide bonds. The van der Waals surface area contributed by atoms with Gasteiger partial charge in [0.1, 0.15) is 35.6 Å². The zero-order chi connectivity index (χ0) is 28.5. The monoisotopic (exact) mass is 563 g/mol. The van der Waals surface area contributed by atoms with Crippen LogP contribution in [0.25, 0.3) is 33.4 Å². The molecule has 6 rings (SSSR count). The molecule has 1 saturated carbocycles. The lowest BCUT2D eigenvalue weighted by Gasteiger charge is -2.33. The number of aliphatic hydroxyl groups excluding tert-OH is 1. The summed E-state index contributed by atoms with van der Waals surface area (Å²) in [5.41, 5.74) is 0.786. The molecule has 6 nitrogen and oxygen atoms in total. The predicted molar refractivity (Wildman–Crippen MR) is 151 cm³/mol. The van der Waals surface area contributed by atoms with Crippen LogP contribution in [0.5, 0.6) is 5.75 Å². The first-order chi connectivity index (χ1) is 19.9. The van der Waals surface area contributed by atoms with E-state index in [1.165, 1.54) is 37.1 Å². The summed E-state index contributed by atoms with van der Waals surface area (Å²) < 4.78 is 50.5. The topological polar surface area (TPSA) is 67.6 Å². The van der Waals surface area contributed by atoms with Gasteiger partial charge in [0.15, 0.2) is 0 Å². The Hall–Kier alpha value is -3.69. The number of likely N-dealkylation sites (tertiary alicyclic amines) is 1. The van der Waals surface area contributed by atoms with Crippen molar-refractivity contribution in [3.05, 3.63) is 82.4 Å². The van der Waals surface area contributed by atoms with Gasteiger partial charge in [-0.15, -0.1) is 0 Å². The highest BCUT2D eigenvalue weighted by Gasteiger charge is 2.29. The lowest BCUT2D eigenvalue weighted by atomic mass is 9.97. The molecule has 0 radical (unpaired) electrons. The average molecular weight is 564 g/mol. The van der Waals surface area contributed by atoms with Crippen LogP contribution in [0.1, 0.15) is 25.7 Å². The molecule has 9 heteroatoms. The summed E-state index contributed by atoms with van der Waals surface area (Å²) in [5, 5.41) is 9.32. The third-order valence-electron chi connectivity index (χ3n) is 7.99. The number of ether oxygens (including phenoxy) is 1. The first-order valence-corrected chi connectivity index (χ1v) is 14.2. The summed E-state index contributed by atoms with van der Waals surface area (Å²) >= 11 is 0. The lowest BCUT2D eigenvalue weighted by Crippen LogP contribution is -2.39. The summed E-state index contributed by atoms with van der Waals surface area (Å²) in [4.78, 5) is 21.3. The number of aliphatic hydroxyl groups is 1. The number of fused-ring (bicyclic) bond motifs is 1. The highest BCUT2D eigenvalue weighted by atomic mass is 19.1. The summed E-state index contributed by atoms with van der Waals surface area (Å²) in [5.74, 6) is -0.565. The van der Waals surface area contributed by atoms with Gasteiger partial charge in [-0.25, -0.2) is 18.2 Å². The molecule has 1 unspecified atom stereocenters. The Bertz CT molecular complexity index is 1640.